The van der Waals surface area contributed by atoms with Crippen molar-refractivity contribution in [2.75, 3.05) is 33.2 Å². The van der Waals surface area contributed by atoms with Crippen LogP contribution in [0.15, 0.2) is 30.3 Å². The van der Waals surface area contributed by atoms with E-state index in [1.807, 2.05) is 35.0 Å². The van der Waals surface area contributed by atoms with Crippen LogP contribution in [0.4, 0.5) is 0 Å². The molecule has 1 aromatic carbocycles. The largest absolute Gasteiger partial charge is 0.343 e. The van der Waals surface area contributed by atoms with Gasteiger partial charge in [-0.15, -0.1) is 0 Å². The first kappa shape index (κ1) is 17.9. The van der Waals surface area contributed by atoms with Crippen LogP contribution in [0.2, 0.25) is 0 Å². The Morgan fingerprint density at radius 2 is 1.88 bits per heavy atom. The zero-order chi connectivity index (χ0) is 17.6. The lowest BCUT2D eigenvalue weighted by molar-refractivity contribution is -0.141. The average molecular weight is 343 g/mol. The lowest BCUT2D eigenvalue weighted by Gasteiger charge is -2.34. The molecular weight excluding hydrogens is 314 g/mol. The van der Waals surface area contributed by atoms with E-state index in [1.54, 1.807) is 0 Å². The number of piperidine rings is 1. The molecule has 0 aromatic heterocycles. The number of carbonyl (C=O) groups excluding carboxylic acids is 2. The molecule has 2 saturated heterocycles. The van der Waals surface area contributed by atoms with Gasteiger partial charge >= 0.3 is 0 Å². The van der Waals surface area contributed by atoms with Gasteiger partial charge in [0.15, 0.2) is 0 Å². The number of benzene rings is 1. The predicted octanol–water partition coefficient (Wildman–Crippen LogP) is 1.68. The fourth-order valence-electron chi connectivity index (χ4n) is 3.87. The molecule has 1 atom stereocenters. The Labute approximate surface area is 150 Å². The molecule has 5 nitrogen and oxygen atoms in total. The van der Waals surface area contributed by atoms with Crippen LogP contribution >= 0.6 is 0 Å². The Hall–Kier alpha value is -1.88. The van der Waals surface area contributed by atoms with Gasteiger partial charge in [0.25, 0.3) is 0 Å². The Kier molecular flexibility index (Phi) is 6.08. The monoisotopic (exact) mass is 343 g/mol. The standard InChI is InChI=1S/C20H29N3O2/c1-22(18-9-12-21-15-18)20(25)17-10-13-23(14-11-17)19(24)8-7-16-5-3-2-4-6-16/h2-6,17-18,21H,7-15H2,1H3. The molecule has 5 heteroatoms. The van der Waals surface area contributed by atoms with Gasteiger partial charge in [-0.25, -0.2) is 0 Å². The molecule has 2 aliphatic heterocycles. The highest BCUT2D eigenvalue weighted by Crippen LogP contribution is 2.22. The van der Waals surface area contributed by atoms with Gasteiger partial charge in [-0.1, -0.05) is 30.3 Å². The average Bonchev–Trinajstić information content (AvgIpc) is 3.20. The van der Waals surface area contributed by atoms with Gasteiger partial charge < -0.3 is 15.1 Å². The molecule has 0 radical (unpaired) electrons. The number of hydrogen-bond donors (Lipinski definition) is 1. The van der Waals surface area contributed by atoms with Crippen molar-refractivity contribution in [3.05, 3.63) is 35.9 Å². The van der Waals surface area contributed by atoms with Gasteiger partial charge in [0, 0.05) is 45.1 Å². The van der Waals surface area contributed by atoms with E-state index in [0.29, 0.717) is 25.6 Å². The molecule has 1 unspecified atom stereocenters. The van der Waals surface area contributed by atoms with E-state index in [9.17, 15) is 9.59 Å². The Balaban J connectivity index is 1.43. The first-order chi connectivity index (χ1) is 12.1. The van der Waals surface area contributed by atoms with E-state index in [1.165, 1.54) is 5.56 Å². The smallest absolute Gasteiger partial charge is 0.225 e. The van der Waals surface area contributed by atoms with Crippen molar-refractivity contribution in [1.29, 1.82) is 0 Å². The Morgan fingerprint density at radius 3 is 2.52 bits per heavy atom. The Bertz CT molecular complexity index is 576. The van der Waals surface area contributed by atoms with Crippen molar-refractivity contribution < 1.29 is 9.59 Å². The molecular formula is C20H29N3O2. The lowest BCUT2D eigenvalue weighted by atomic mass is 9.94. The van der Waals surface area contributed by atoms with Crippen molar-refractivity contribution in [3.8, 4) is 0 Å². The summed E-state index contributed by atoms with van der Waals surface area (Å²) in [5.41, 5.74) is 1.20. The van der Waals surface area contributed by atoms with Crippen LogP contribution in [-0.2, 0) is 16.0 Å². The molecule has 136 valence electrons. The van der Waals surface area contributed by atoms with Crippen molar-refractivity contribution in [2.45, 2.75) is 38.1 Å². The van der Waals surface area contributed by atoms with Crippen LogP contribution in [0.3, 0.4) is 0 Å². The molecule has 0 aliphatic carbocycles. The van der Waals surface area contributed by atoms with Gasteiger partial charge in [-0.05, 0) is 37.8 Å². The van der Waals surface area contributed by atoms with Crippen LogP contribution in [0, 0.1) is 5.92 Å². The third-order valence-electron chi connectivity index (χ3n) is 5.60. The third kappa shape index (κ3) is 4.60. The van der Waals surface area contributed by atoms with Crippen molar-refractivity contribution in [3.63, 3.8) is 0 Å². The molecule has 2 heterocycles. The number of likely N-dealkylation sites (tertiary alicyclic amines) is 1. The molecule has 1 aromatic rings. The lowest BCUT2D eigenvalue weighted by Crippen LogP contribution is -2.46. The van der Waals surface area contributed by atoms with Crippen LogP contribution in [0.5, 0.6) is 0 Å². The number of nitrogens with zero attached hydrogens (tertiary/aromatic N) is 2. The minimum atomic E-state index is 0.0729. The highest BCUT2D eigenvalue weighted by atomic mass is 16.2. The van der Waals surface area contributed by atoms with Crippen LogP contribution in [0.1, 0.15) is 31.2 Å². The molecule has 3 rings (SSSR count). The highest BCUT2D eigenvalue weighted by Gasteiger charge is 2.32. The summed E-state index contributed by atoms with van der Waals surface area (Å²) < 4.78 is 0. The van der Waals surface area contributed by atoms with Crippen LogP contribution in [0.25, 0.3) is 0 Å². The second kappa shape index (κ2) is 8.48. The second-order valence-electron chi connectivity index (χ2n) is 7.24. The normalized spacial score (nSPS) is 21.3. The highest BCUT2D eigenvalue weighted by molar-refractivity contribution is 5.80. The summed E-state index contributed by atoms with van der Waals surface area (Å²) in [6, 6.07) is 10.5. The summed E-state index contributed by atoms with van der Waals surface area (Å²) >= 11 is 0. The SMILES string of the molecule is CN(C(=O)C1CCN(C(=O)CCc2ccccc2)CC1)C1CCNC1. The van der Waals surface area contributed by atoms with E-state index in [0.717, 1.165) is 38.8 Å². The zero-order valence-electron chi connectivity index (χ0n) is 15.1. The predicted molar refractivity (Wildman–Crippen MR) is 98.1 cm³/mol. The number of carbonyl (C=O) groups is 2. The molecule has 25 heavy (non-hydrogen) atoms. The molecule has 0 saturated carbocycles. The van der Waals surface area contributed by atoms with Crippen LogP contribution in [-0.4, -0.2) is 60.9 Å². The van der Waals surface area contributed by atoms with E-state index in [-0.39, 0.29) is 17.7 Å². The molecule has 2 fully saturated rings. The number of aryl methyl sites for hydroxylation is 1. The maximum Gasteiger partial charge on any atom is 0.225 e. The number of nitrogens with one attached hydrogen (secondary N) is 1. The van der Waals surface area contributed by atoms with E-state index >= 15 is 0 Å². The summed E-state index contributed by atoms with van der Waals surface area (Å²) in [7, 11) is 1.93. The maximum absolute atomic E-state index is 12.7. The topological polar surface area (TPSA) is 52.7 Å². The minimum absolute atomic E-state index is 0.0729. The van der Waals surface area contributed by atoms with Gasteiger partial charge in [0.2, 0.25) is 11.8 Å². The molecule has 2 aliphatic rings. The molecule has 0 spiro atoms. The summed E-state index contributed by atoms with van der Waals surface area (Å²) in [5.74, 6) is 0.539. The van der Waals surface area contributed by atoms with E-state index in [4.69, 9.17) is 0 Å². The van der Waals surface area contributed by atoms with Crippen LogP contribution < -0.4 is 5.32 Å². The van der Waals surface area contributed by atoms with Gasteiger partial charge in [0.1, 0.15) is 0 Å². The number of likely N-dealkylation sites (N-methyl/N-ethyl adjacent to an activating group) is 1. The summed E-state index contributed by atoms with van der Waals surface area (Å²) in [5, 5.41) is 3.31. The Morgan fingerprint density at radius 1 is 1.16 bits per heavy atom. The minimum Gasteiger partial charge on any atom is -0.343 e. The van der Waals surface area contributed by atoms with Crippen molar-refractivity contribution in [2.24, 2.45) is 5.92 Å². The first-order valence-corrected chi connectivity index (χ1v) is 9.44. The molecule has 0 bridgehead atoms. The number of amides is 2. The fraction of sp³-hybridized carbons (Fsp3) is 0.600. The fourth-order valence-corrected chi connectivity index (χ4v) is 3.87. The summed E-state index contributed by atoms with van der Waals surface area (Å²) in [6.45, 7) is 3.32. The van der Waals surface area contributed by atoms with E-state index < -0.39 is 0 Å². The third-order valence-corrected chi connectivity index (χ3v) is 5.60. The quantitative estimate of drug-likeness (QED) is 0.885. The van der Waals surface area contributed by atoms with E-state index in [2.05, 4.69) is 17.4 Å². The maximum atomic E-state index is 12.7. The van der Waals surface area contributed by atoms with Crippen molar-refractivity contribution in [1.82, 2.24) is 15.1 Å². The van der Waals surface area contributed by atoms with Crippen molar-refractivity contribution >= 4 is 11.8 Å². The zero-order valence-corrected chi connectivity index (χ0v) is 15.1. The number of hydrogen-bond acceptors (Lipinski definition) is 3. The summed E-state index contributed by atoms with van der Waals surface area (Å²) in [4.78, 5) is 28.9. The van der Waals surface area contributed by atoms with Gasteiger partial charge in [0.05, 0.1) is 0 Å². The van der Waals surface area contributed by atoms with Gasteiger partial charge in [-0.3, -0.25) is 9.59 Å². The number of rotatable bonds is 5. The molecule has 1 N–H and O–H groups in total. The molecule has 2 amide bonds. The summed E-state index contributed by atoms with van der Waals surface area (Å²) in [6.07, 6.45) is 3.96. The van der Waals surface area contributed by atoms with Gasteiger partial charge in [-0.2, -0.15) is 0 Å². The second-order valence-corrected chi connectivity index (χ2v) is 7.24. The first-order valence-electron chi connectivity index (χ1n) is 9.44.